The third kappa shape index (κ3) is 2.60. The normalized spacial score (nSPS) is 10.1. The first kappa shape index (κ1) is 12.9. The zero-order valence-corrected chi connectivity index (χ0v) is 11.4. The molecule has 1 aromatic heterocycles. The predicted molar refractivity (Wildman–Crippen MR) is 78.1 cm³/mol. The monoisotopic (exact) mass is 276 g/mol. The topological polar surface area (TPSA) is 63.7 Å². The number of hydrogen-bond acceptors (Lipinski definition) is 4. The van der Waals surface area contributed by atoms with E-state index in [1.54, 1.807) is 23.9 Å². The average Bonchev–Trinajstić information content (AvgIpc) is 3.05. The highest BCUT2D eigenvalue weighted by molar-refractivity contribution is 5.59. The Labute approximate surface area is 122 Å². The minimum absolute atomic E-state index is 0.620. The molecule has 3 rings (SSSR count). The highest BCUT2D eigenvalue weighted by Crippen LogP contribution is 2.21. The highest BCUT2D eigenvalue weighted by Gasteiger charge is 2.05. The Bertz CT molecular complexity index is 782. The molecular weight excluding hydrogens is 264 g/mol. The van der Waals surface area contributed by atoms with Crippen LogP contribution in [-0.4, -0.2) is 22.1 Å². The quantitative estimate of drug-likeness (QED) is 0.738. The average molecular weight is 276 g/mol. The van der Waals surface area contributed by atoms with Crippen LogP contribution in [0.2, 0.25) is 0 Å². The first-order valence-corrected chi connectivity index (χ1v) is 6.37. The maximum atomic E-state index is 8.80. The van der Waals surface area contributed by atoms with Crippen LogP contribution in [-0.2, 0) is 0 Å². The van der Waals surface area contributed by atoms with Gasteiger partial charge in [-0.2, -0.15) is 5.26 Å². The summed E-state index contributed by atoms with van der Waals surface area (Å²) in [6, 6.07) is 16.9. The fourth-order valence-electron chi connectivity index (χ4n) is 1.97. The molecule has 0 aliphatic rings. The maximum absolute atomic E-state index is 8.80. The van der Waals surface area contributed by atoms with Gasteiger partial charge in [-0.25, -0.2) is 4.68 Å². The lowest BCUT2D eigenvalue weighted by Crippen LogP contribution is -1.94. The van der Waals surface area contributed by atoms with Gasteiger partial charge in [-0.3, -0.25) is 0 Å². The summed E-state index contributed by atoms with van der Waals surface area (Å²) in [5.74, 6) is 0.804. The van der Waals surface area contributed by atoms with E-state index >= 15 is 0 Å². The third-order valence-corrected chi connectivity index (χ3v) is 3.14. The summed E-state index contributed by atoms with van der Waals surface area (Å²) in [4.78, 5) is 0. The van der Waals surface area contributed by atoms with Crippen molar-refractivity contribution in [2.24, 2.45) is 0 Å². The van der Waals surface area contributed by atoms with Crippen LogP contribution < -0.4 is 4.74 Å². The van der Waals surface area contributed by atoms with Gasteiger partial charge in [0.05, 0.1) is 30.6 Å². The molecule has 5 nitrogen and oxygen atoms in total. The molecule has 0 amide bonds. The van der Waals surface area contributed by atoms with Gasteiger partial charge in [0.2, 0.25) is 0 Å². The molecule has 102 valence electrons. The van der Waals surface area contributed by atoms with Crippen molar-refractivity contribution in [1.29, 1.82) is 5.26 Å². The molecule has 0 radical (unpaired) electrons. The fraction of sp³-hybridized carbons (Fsp3) is 0.0625. The van der Waals surface area contributed by atoms with Crippen molar-refractivity contribution in [3.8, 4) is 28.8 Å². The van der Waals surface area contributed by atoms with E-state index in [2.05, 4.69) is 16.4 Å². The standard InChI is InChI=1S/C16H12N4O/c1-21-15-8-4-13(5-9-15)16-11-20(19-18-16)14-6-2-12(10-17)3-7-14/h2-9,11H,1H3. The van der Waals surface area contributed by atoms with Crippen molar-refractivity contribution in [2.45, 2.75) is 0 Å². The number of nitriles is 1. The first-order valence-electron chi connectivity index (χ1n) is 6.37. The molecule has 0 saturated carbocycles. The van der Waals surface area contributed by atoms with Crippen LogP contribution in [0.1, 0.15) is 5.56 Å². The van der Waals surface area contributed by atoms with Crippen LogP contribution in [0.25, 0.3) is 16.9 Å². The molecular formula is C16H12N4O. The van der Waals surface area contributed by atoms with Crippen LogP contribution in [0.5, 0.6) is 5.75 Å². The summed E-state index contributed by atoms with van der Waals surface area (Å²) >= 11 is 0. The van der Waals surface area contributed by atoms with Gasteiger partial charge in [0, 0.05) is 5.56 Å². The second-order valence-corrected chi connectivity index (χ2v) is 4.44. The summed E-state index contributed by atoms with van der Waals surface area (Å²) in [6.45, 7) is 0. The van der Waals surface area contributed by atoms with Gasteiger partial charge in [0.25, 0.3) is 0 Å². The van der Waals surface area contributed by atoms with Gasteiger partial charge in [-0.05, 0) is 48.5 Å². The van der Waals surface area contributed by atoms with Crippen LogP contribution in [0.15, 0.2) is 54.7 Å². The molecule has 1 heterocycles. The van der Waals surface area contributed by atoms with E-state index < -0.39 is 0 Å². The Morgan fingerprint density at radius 2 is 1.76 bits per heavy atom. The number of ether oxygens (including phenoxy) is 1. The lowest BCUT2D eigenvalue weighted by Gasteiger charge is -2.00. The van der Waals surface area contributed by atoms with Crippen molar-refractivity contribution < 1.29 is 4.74 Å². The predicted octanol–water partition coefficient (Wildman–Crippen LogP) is 2.81. The molecule has 0 aliphatic heterocycles. The second-order valence-electron chi connectivity index (χ2n) is 4.44. The Hall–Kier alpha value is -3.13. The number of nitrogens with zero attached hydrogens (tertiary/aromatic N) is 4. The molecule has 0 bridgehead atoms. The number of methoxy groups -OCH3 is 1. The number of aromatic nitrogens is 3. The summed E-state index contributed by atoms with van der Waals surface area (Å²) in [5.41, 5.74) is 3.23. The summed E-state index contributed by atoms with van der Waals surface area (Å²) in [6.07, 6.45) is 1.85. The minimum Gasteiger partial charge on any atom is -0.497 e. The van der Waals surface area contributed by atoms with Crippen LogP contribution in [0.4, 0.5) is 0 Å². The van der Waals surface area contributed by atoms with E-state index in [4.69, 9.17) is 10.00 Å². The zero-order valence-electron chi connectivity index (χ0n) is 11.4. The molecule has 21 heavy (non-hydrogen) atoms. The summed E-state index contributed by atoms with van der Waals surface area (Å²) < 4.78 is 6.82. The van der Waals surface area contributed by atoms with Crippen molar-refractivity contribution in [1.82, 2.24) is 15.0 Å². The zero-order chi connectivity index (χ0) is 14.7. The smallest absolute Gasteiger partial charge is 0.118 e. The molecule has 0 N–H and O–H groups in total. The first-order chi connectivity index (χ1) is 10.3. The molecule has 0 aliphatic carbocycles. The number of benzene rings is 2. The Balaban J connectivity index is 1.89. The van der Waals surface area contributed by atoms with Crippen molar-refractivity contribution >= 4 is 0 Å². The number of rotatable bonds is 3. The van der Waals surface area contributed by atoms with Crippen molar-refractivity contribution in [2.75, 3.05) is 7.11 Å². The molecule has 0 unspecified atom stereocenters. The van der Waals surface area contributed by atoms with E-state index in [0.29, 0.717) is 5.56 Å². The van der Waals surface area contributed by atoms with Crippen LogP contribution in [0.3, 0.4) is 0 Å². The van der Waals surface area contributed by atoms with E-state index in [1.807, 2.05) is 42.6 Å². The van der Waals surface area contributed by atoms with Gasteiger partial charge in [-0.15, -0.1) is 5.10 Å². The van der Waals surface area contributed by atoms with Crippen molar-refractivity contribution in [3.63, 3.8) is 0 Å². The van der Waals surface area contributed by atoms with Crippen LogP contribution >= 0.6 is 0 Å². The molecule has 5 heteroatoms. The molecule has 3 aromatic rings. The summed E-state index contributed by atoms with van der Waals surface area (Å²) in [7, 11) is 1.64. The molecule has 0 spiro atoms. The van der Waals surface area contributed by atoms with Crippen LogP contribution in [0, 0.1) is 11.3 Å². The fourth-order valence-corrected chi connectivity index (χ4v) is 1.97. The van der Waals surface area contributed by atoms with Gasteiger partial charge in [-0.1, -0.05) is 5.21 Å². The molecule has 2 aromatic carbocycles. The van der Waals surface area contributed by atoms with Gasteiger partial charge in [0.1, 0.15) is 11.4 Å². The Morgan fingerprint density at radius 3 is 2.38 bits per heavy atom. The Kier molecular flexibility index (Phi) is 3.36. The van der Waals surface area contributed by atoms with E-state index in [0.717, 1.165) is 22.7 Å². The van der Waals surface area contributed by atoms with Gasteiger partial charge in [0.15, 0.2) is 0 Å². The number of hydrogen-bond donors (Lipinski definition) is 0. The van der Waals surface area contributed by atoms with Gasteiger partial charge < -0.3 is 4.74 Å². The maximum Gasteiger partial charge on any atom is 0.118 e. The van der Waals surface area contributed by atoms with E-state index in [-0.39, 0.29) is 0 Å². The largest absolute Gasteiger partial charge is 0.497 e. The van der Waals surface area contributed by atoms with Gasteiger partial charge >= 0.3 is 0 Å². The highest BCUT2D eigenvalue weighted by atomic mass is 16.5. The SMILES string of the molecule is COc1ccc(-c2cn(-c3ccc(C#N)cc3)nn2)cc1. The van der Waals surface area contributed by atoms with Crippen molar-refractivity contribution in [3.05, 3.63) is 60.3 Å². The third-order valence-electron chi connectivity index (χ3n) is 3.14. The van der Waals surface area contributed by atoms with E-state index in [1.165, 1.54) is 0 Å². The Morgan fingerprint density at radius 1 is 1.05 bits per heavy atom. The minimum atomic E-state index is 0.620. The lowest BCUT2D eigenvalue weighted by atomic mass is 10.1. The lowest BCUT2D eigenvalue weighted by molar-refractivity contribution is 0.415. The molecule has 0 fully saturated rings. The molecule has 0 saturated heterocycles. The summed E-state index contributed by atoms with van der Waals surface area (Å²) in [5, 5.41) is 17.1. The second kappa shape index (κ2) is 5.47. The molecule has 0 atom stereocenters. The van der Waals surface area contributed by atoms with E-state index in [9.17, 15) is 0 Å².